The van der Waals surface area contributed by atoms with E-state index in [0.29, 0.717) is 0 Å². The highest BCUT2D eigenvalue weighted by Crippen LogP contribution is 2.17. The number of nitrogens with zero attached hydrogens (tertiary/aromatic N) is 1. The fraction of sp³-hybridized carbons (Fsp3) is 0.538. The Bertz CT molecular complexity index is 336. The van der Waals surface area contributed by atoms with Gasteiger partial charge in [-0.3, -0.25) is 0 Å². The predicted molar refractivity (Wildman–Crippen MR) is 65.5 cm³/mol. The van der Waals surface area contributed by atoms with E-state index in [0.717, 1.165) is 38.3 Å². The van der Waals surface area contributed by atoms with Crippen LogP contribution in [0.15, 0.2) is 24.3 Å². The van der Waals surface area contributed by atoms with Crippen LogP contribution < -0.4 is 5.32 Å². The third-order valence-corrected chi connectivity index (χ3v) is 3.25. The molecular weight excluding hydrogens is 219 g/mol. The standard InChI is InChI=1S/C13H19FN2O/c14-13-3-1-11(2-4-13)12(10-17)9-16-7-5-15-6-8-16/h1-4,12,15,17H,5-10H2. The van der Waals surface area contributed by atoms with Crippen LogP contribution in [0.5, 0.6) is 0 Å². The minimum absolute atomic E-state index is 0.0775. The van der Waals surface area contributed by atoms with Crippen molar-refractivity contribution in [3.8, 4) is 0 Å². The summed E-state index contributed by atoms with van der Waals surface area (Å²) < 4.78 is 12.8. The number of benzene rings is 1. The van der Waals surface area contributed by atoms with Gasteiger partial charge in [0, 0.05) is 38.6 Å². The van der Waals surface area contributed by atoms with E-state index in [4.69, 9.17) is 0 Å². The van der Waals surface area contributed by atoms with Gasteiger partial charge in [-0.1, -0.05) is 12.1 Å². The first-order chi connectivity index (χ1) is 8.29. The van der Waals surface area contributed by atoms with E-state index in [2.05, 4.69) is 10.2 Å². The van der Waals surface area contributed by atoms with E-state index < -0.39 is 0 Å². The maximum Gasteiger partial charge on any atom is 0.123 e. The Morgan fingerprint density at radius 3 is 2.47 bits per heavy atom. The van der Waals surface area contributed by atoms with Gasteiger partial charge in [0.1, 0.15) is 5.82 Å². The molecule has 0 aromatic heterocycles. The maximum atomic E-state index is 12.8. The molecule has 1 saturated heterocycles. The van der Waals surface area contributed by atoms with Crippen molar-refractivity contribution in [2.24, 2.45) is 0 Å². The van der Waals surface area contributed by atoms with Gasteiger partial charge in [0.2, 0.25) is 0 Å². The molecule has 1 heterocycles. The molecule has 0 amide bonds. The Kier molecular flexibility index (Phi) is 4.48. The molecule has 94 valence electrons. The van der Waals surface area contributed by atoms with Gasteiger partial charge in [-0.05, 0) is 17.7 Å². The number of nitrogens with one attached hydrogen (secondary N) is 1. The first-order valence-corrected chi connectivity index (χ1v) is 6.09. The van der Waals surface area contributed by atoms with E-state index in [1.807, 2.05) is 0 Å². The average Bonchev–Trinajstić information content (AvgIpc) is 2.38. The molecule has 17 heavy (non-hydrogen) atoms. The molecule has 0 spiro atoms. The highest BCUT2D eigenvalue weighted by molar-refractivity contribution is 5.21. The van der Waals surface area contributed by atoms with Crippen LogP contribution in [0.1, 0.15) is 11.5 Å². The lowest BCUT2D eigenvalue weighted by Gasteiger charge is -2.30. The summed E-state index contributed by atoms with van der Waals surface area (Å²) in [4.78, 5) is 2.33. The molecule has 1 atom stereocenters. The topological polar surface area (TPSA) is 35.5 Å². The van der Waals surface area contributed by atoms with Crippen LogP contribution in [0.3, 0.4) is 0 Å². The molecule has 1 aromatic rings. The zero-order valence-electron chi connectivity index (χ0n) is 9.90. The maximum absolute atomic E-state index is 12.8. The molecule has 1 aliphatic heterocycles. The number of aliphatic hydroxyl groups excluding tert-OH is 1. The summed E-state index contributed by atoms with van der Waals surface area (Å²) in [6.07, 6.45) is 0. The molecule has 0 aliphatic carbocycles. The van der Waals surface area contributed by atoms with Gasteiger partial charge in [0.25, 0.3) is 0 Å². The fourth-order valence-electron chi connectivity index (χ4n) is 2.21. The van der Waals surface area contributed by atoms with Crippen molar-refractivity contribution in [3.63, 3.8) is 0 Å². The van der Waals surface area contributed by atoms with Crippen LogP contribution in [-0.2, 0) is 0 Å². The number of halogens is 1. The molecular formula is C13H19FN2O. The second-order valence-electron chi connectivity index (χ2n) is 4.48. The van der Waals surface area contributed by atoms with Gasteiger partial charge >= 0.3 is 0 Å². The quantitative estimate of drug-likeness (QED) is 0.814. The van der Waals surface area contributed by atoms with Crippen molar-refractivity contribution in [1.29, 1.82) is 0 Å². The average molecular weight is 238 g/mol. The van der Waals surface area contributed by atoms with E-state index >= 15 is 0 Å². The molecule has 1 aromatic carbocycles. The summed E-state index contributed by atoms with van der Waals surface area (Å²) in [7, 11) is 0. The third kappa shape index (κ3) is 3.49. The van der Waals surface area contributed by atoms with Crippen LogP contribution in [0, 0.1) is 5.82 Å². The normalized spacial score (nSPS) is 19.2. The first kappa shape index (κ1) is 12.5. The number of hydrogen-bond acceptors (Lipinski definition) is 3. The van der Waals surface area contributed by atoms with Gasteiger partial charge < -0.3 is 15.3 Å². The Morgan fingerprint density at radius 1 is 1.24 bits per heavy atom. The van der Waals surface area contributed by atoms with E-state index in [9.17, 15) is 9.50 Å². The zero-order valence-corrected chi connectivity index (χ0v) is 9.90. The molecule has 3 nitrogen and oxygen atoms in total. The van der Waals surface area contributed by atoms with Crippen LogP contribution in [0.4, 0.5) is 4.39 Å². The molecule has 2 rings (SSSR count). The number of aliphatic hydroxyl groups is 1. The summed E-state index contributed by atoms with van der Waals surface area (Å²) in [6, 6.07) is 6.43. The molecule has 1 aliphatic rings. The molecule has 0 radical (unpaired) electrons. The van der Waals surface area contributed by atoms with Crippen LogP contribution in [0.2, 0.25) is 0 Å². The van der Waals surface area contributed by atoms with E-state index in [-0.39, 0.29) is 18.3 Å². The number of piperazine rings is 1. The third-order valence-electron chi connectivity index (χ3n) is 3.25. The summed E-state index contributed by atoms with van der Waals surface area (Å²) in [5, 5.41) is 12.7. The van der Waals surface area contributed by atoms with Gasteiger partial charge in [-0.2, -0.15) is 0 Å². The second kappa shape index (κ2) is 6.10. The highest BCUT2D eigenvalue weighted by atomic mass is 19.1. The molecule has 1 fully saturated rings. The minimum Gasteiger partial charge on any atom is -0.396 e. The number of hydrogen-bond donors (Lipinski definition) is 2. The van der Waals surface area contributed by atoms with Crippen molar-refractivity contribution in [1.82, 2.24) is 10.2 Å². The highest BCUT2D eigenvalue weighted by Gasteiger charge is 2.17. The smallest absolute Gasteiger partial charge is 0.123 e. The van der Waals surface area contributed by atoms with Crippen molar-refractivity contribution >= 4 is 0 Å². The summed E-state index contributed by atoms with van der Waals surface area (Å²) in [5.74, 6) is -0.152. The predicted octanol–water partition coefficient (Wildman–Crippen LogP) is 0.807. The lowest BCUT2D eigenvalue weighted by molar-refractivity contribution is 0.185. The molecule has 0 bridgehead atoms. The van der Waals surface area contributed by atoms with E-state index in [1.54, 1.807) is 12.1 Å². The fourth-order valence-corrected chi connectivity index (χ4v) is 2.21. The summed E-state index contributed by atoms with van der Waals surface area (Å²) >= 11 is 0. The summed E-state index contributed by atoms with van der Waals surface area (Å²) in [6.45, 7) is 4.97. The largest absolute Gasteiger partial charge is 0.396 e. The van der Waals surface area contributed by atoms with Crippen LogP contribution in [0.25, 0.3) is 0 Å². The van der Waals surface area contributed by atoms with Gasteiger partial charge in [0.15, 0.2) is 0 Å². The molecule has 1 unspecified atom stereocenters. The molecule has 0 saturated carbocycles. The first-order valence-electron chi connectivity index (χ1n) is 6.09. The van der Waals surface area contributed by atoms with Crippen molar-refractivity contribution in [2.45, 2.75) is 5.92 Å². The van der Waals surface area contributed by atoms with Crippen molar-refractivity contribution in [2.75, 3.05) is 39.3 Å². The van der Waals surface area contributed by atoms with E-state index in [1.165, 1.54) is 12.1 Å². The Balaban J connectivity index is 1.97. The van der Waals surface area contributed by atoms with Gasteiger partial charge in [-0.25, -0.2) is 4.39 Å². The van der Waals surface area contributed by atoms with Crippen LogP contribution >= 0.6 is 0 Å². The SMILES string of the molecule is OCC(CN1CCNCC1)c1ccc(F)cc1. The monoisotopic (exact) mass is 238 g/mol. The Labute approximate surface area is 101 Å². The second-order valence-corrected chi connectivity index (χ2v) is 4.48. The molecule has 4 heteroatoms. The Hall–Kier alpha value is -0.970. The lowest BCUT2D eigenvalue weighted by Crippen LogP contribution is -2.45. The van der Waals surface area contributed by atoms with Crippen molar-refractivity contribution < 1.29 is 9.50 Å². The zero-order chi connectivity index (χ0) is 12.1. The van der Waals surface area contributed by atoms with Gasteiger partial charge in [0.05, 0.1) is 6.61 Å². The minimum atomic E-state index is -0.229. The van der Waals surface area contributed by atoms with Crippen molar-refractivity contribution in [3.05, 3.63) is 35.6 Å². The number of rotatable bonds is 4. The summed E-state index contributed by atoms with van der Waals surface area (Å²) in [5.41, 5.74) is 1.01. The van der Waals surface area contributed by atoms with Gasteiger partial charge in [-0.15, -0.1) is 0 Å². The van der Waals surface area contributed by atoms with Crippen LogP contribution in [-0.4, -0.2) is 49.3 Å². The molecule has 2 N–H and O–H groups in total. The Morgan fingerprint density at radius 2 is 1.88 bits per heavy atom. The lowest BCUT2D eigenvalue weighted by atomic mass is 9.99.